The summed E-state index contributed by atoms with van der Waals surface area (Å²) in [7, 11) is 0. The third-order valence-electron chi connectivity index (χ3n) is 5.87. The van der Waals surface area contributed by atoms with E-state index in [0.29, 0.717) is 12.4 Å². The Morgan fingerprint density at radius 1 is 0.921 bits per heavy atom. The Balaban J connectivity index is 1.31. The zero-order chi connectivity index (χ0) is 26.2. The van der Waals surface area contributed by atoms with Crippen LogP contribution in [0.1, 0.15) is 18.9 Å². The van der Waals surface area contributed by atoms with Crippen LogP contribution in [0.25, 0.3) is 27.7 Å². The van der Waals surface area contributed by atoms with Crippen LogP contribution in [0.15, 0.2) is 108 Å². The van der Waals surface area contributed by atoms with E-state index in [0.717, 1.165) is 45.5 Å². The predicted molar refractivity (Wildman–Crippen MR) is 150 cm³/mol. The van der Waals surface area contributed by atoms with Crippen molar-refractivity contribution in [3.63, 3.8) is 0 Å². The highest BCUT2D eigenvalue weighted by atomic mass is 16.5. The van der Waals surface area contributed by atoms with Gasteiger partial charge < -0.3 is 9.47 Å². The minimum Gasteiger partial charge on any atom is -0.494 e. The molecule has 1 aromatic heterocycles. The summed E-state index contributed by atoms with van der Waals surface area (Å²) < 4.78 is 13.3. The van der Waals surface area contributed by atoms with Gasteiger partial charge in [0.25, 0.3) is 5.91 Å². The molecule has 0 fully saturated rings. The maximum absolute atomic E-state index is 12.5. The first-order valence-corrected chi connectivity index (χ1v) is 12.5. The third-order valence-corrected chi connectivity index (χ3v) is 5.87. The highest BCUT2D eigenvalue weighted by Crippen LogP contribution is 2.26. The van der Waals surface area contributed by atoms with Gasteiger partial charge in [0.15, 0.2) is 6.61 Å². The maximum atomic E-state index is 12.5. The molecule has 5 aromatic rings. The number of amides is 1. The molecule has 1 amide bonds. The molecule has 0 spiro atoms. The molecule has 0 aliphatic carbocycles. The predicted octanol–water partition coefficient (Wildman–Crippen LogP) is 6.01. The Morgan fingerprint density at radius 3 is 2.50 bits per heavy atom. The molecule has 38 heavy (non-hydrogen) atoms. The first-order chi connectivity index (χ1) is 18.7. The fourth-order valence-corrected chi connectivity index (χ4v) is 4.02. The Bertz CT molecular complexity index is 1540. The first kappa shape index (κ1) is 24.8. The summed E-state index contributed by atoms with van der Waals surface area (Å²) in [5, 5.41) is 11.0. The third kappa shape index (κ3) is 5.90. The highest BCUT2D eigenvalue weighted by molar-refractivity contribution is 5.90. The molecular formula is C31H28N4O3. The summed E-state index contributed by atoms with van der Waals surface area (Å²) in [6.45, 7) is 2.59. The Morgan fingerprint density at radius 2 is 1.68 bits per heavy atom. The van der Waals surface area contributed by atoms with E-state index in [2.05, 4.69) is 17.5 Å². The van der Waals surface area contributed by atoms with E-state index in [1.165, 1.54) is 0 Å². The average molecular weight is 505 g/mol. The van der Waals surface area contributed by atoms with E-state index in [4.69, 9.17) is 14.6 Å². The summed E-state index contributed by atoms with van der Waals surface area (Å²) in [4.78, 5) is 12.5. The smallest absolute Gasteiger partial charge is 0.277 e. The molecule has 0 atom stereocenters. The van der Waals surface area contributed by atoms with Crippen molar-refractivity contribution < 1.29 is 14.3 Å². The van der Waals surface area contributed by atoms with E-state index in [1.807, 2.05) is 103 Å². The number of ether oxygens (including phenoxy) is 2. The number of nitrogens with zero attached hydrogens (tertiary/aromatic N) is 3. The lowest BCUT2D eigenvalue weighted by atomic mass is 10.1. The van der Waals surface area contributed by atoms with Crippen LogP contribution < -0.4 is 14.9 Å². The monoisotopic (exact) mass is 504 g/mol. The van der Waals surface area contributed by atoms with Crippen LogP contribution in [0, 0.1) is 0 Å². The highest BCUT2D eigenvalue weighted by Gasteiger charge is 2.12. The van der Waals surface area contributed by atoms with Gasteiger partial charge in [-0.1, -0.05) is 61.5 Å². The van der Waals surface area contributed by atoms with Crippen molar-refractivity contribution in [2.75, 3.05) is 13.2 Å². The molecular weight excluding hydrogens is 476 g/mol. The molecule has 0 aliphatic rings. The lowest BCUT2D eigenvalue weighted by molar-refractivity contribution is -0.123. The van der Waals surface area contributed by atoms with E-state index in [1.54, 1.807) is 10.9 Å². The molecule has 0 bridgehead atoms. The molecule has 0 aliphatic heterocycles. The largest absolute Gasteiger partial charge is 0.494 e. The molecule has 7 heteroatoms. The molecule has 1 N–H and O–H groups in total. The van der Waals surface area contributed by atoms with Gasteiger partial charge in [-0.05, 0) is 54.3 Å². The second-order valence-corrected chi connectivity index (χ2v) is 8.65. The Kier molecular flexibility index (Phi) is 7.75. The first-order valence-electron chi connectivity index (χ1n) is 12.5. The molecule has 0 unspecified atom stereocenters. The standard InChI is InChI=1S/C31H28N4O3/c1-2-19-37-27-17-15-24(16-18-27)31-25(21-35(34-31)26-11-4-3-5-12-26)20-32-33-30(36)22-38-29-14-8-10-23-9-6-7-13-28(23)29/h3-18,20-21H,2,19,22H2,1H3,(H,33,36)/b32-20-. The van der Waals surface area contributed by atoms with E-state index in [9.17, 15) is 4.79 Å². The number of para-hydroxylation sites is 1. The van der Waals surface area contributed by atoms with Crippen LogP contribution in [0.2, 0.25) is 0 Å². The van der Waals surface area contributed by atoms with Crippen LogP contribution in [-0.4, -0.2) is 35.1 Å². The van der Waals surface area contributed by atoms with Crippen molar-refractivity contribution in [1.82, 2.24) is 15.2 Å². The molecule has 1 heterocycles. The number of carbonyl (C=O) groups is 1. The zero-order valence-electron chi connectivity index (χ0n) is 21.1. The SMILES string of the molecule is CCCOc1ccc(-c2nn(-c3ccccc3)cc2/C=N\NC(=O)COc2cccc3ccccc23)cc1. The molecule has 7 nitrogen and oxygen atoms in total. The molecule has 5 rings (SSSR count). The number of benzene rings is 4. The van der Waals surface area contributed by atoms with E-state index < -0.39 is 0 Å². The van der Waals surface area contributed by atoms with Crippen molar-refractivity contribution in [1.29, 1.82) is 0 Å². The quantitative estimate of drug-likeness (QED) is 0.187. The zero-order valence-corrected chi connectivity index (χ0v) is 21.1. The minimum atomic E-state index is -0.358. The summed E-state index contributed by atoms with van der Waals surface area (Å²) in [6.07, 6.45) is 4.43. The number of fused-ring (bicyclic) bond motifs is 1. The number of hydrogen-bond acceptors (Lipinski definition) is 5. The number of nitrogens with one attached hydrogen (secondary N) is 1. The van der Waals surface area contributed by atoms with Crippen LogP contribution >= 0.6 is 0 Å². The topological polar surface area (TPSA) is 77.7 Å². The minimum absolute atomic E-state index is 0.152. The summed E-state index contributed by atoms with van der Waals surface area (Å²) in [5.74, 6) is 1.11. The lowest BCUT2D eigenvalue weighted by Crippen LogP contribution is -2.24. The van der Waals surface area contributed by atoms with Gasteiger partial charge in [-0.15, -0.1) is 0 Å². The number of carbonyl (C=O) groups excluding carboxylic acids is 1. The van der Waals surface area contributed by atoms with Gasteiger partial charge in [0.2, 0.25) is 0 Å². The van der Waals surface area contributed by atoms with Crippen LogP contribution in [0.3, 0.4) is 0 Å². The summed E-state index contributed by atoms with van der Waals surface area (Å²) in [5.41, 5.74) is 5.88. The van der Waals surface area contributed by atoms with Gasteiger partial charge in [0.1, 0.15) is 17.2 Å². The van der Waals surface area contributed by atoms with Gasteiger partial charge in [0, 0.05) is 22.7 Å². The number of rotatable bonds is 10. The Hall–Kier alpha value is -4.91. The van der Waals surface area contributed by atoms with Crippen LogP contribution in [0.5, 0.6) is 11.5 Å². The number of aromatic nitrogens is 2. The molecule has 0 radical (unpaired) electrons. The van der Waals surface area contributed by atoms with Gasteiger partial charge in [0.05, 0.1) is 18.5 Å². The van der Waals surface area contributed by atoms with Crippen molar-refractivity contribution in [3.8, 4) is 28.4 Å². The van der Waals surface area contributed by atoms with Crippen molar-refractivity contribution in [2.45, 2.75) is 13.3 Å². The maximum Gasteiger partial charge on any atom is 0.277 e. The van der Waals surface area contributed by atoms with E-state index in [-0.39, 0.29) is 12.5 Å². The van der Waals surface area contributed by atoms with Gasteiger partial charge in [-0.3, -0.25) is 4.79 Å². The fraction of sp³-hybridized carbons (Fsp3) is 0.129. The average Bonchev–Trinajstić information content (AvgIpc) is 3.40. The van der Waals surface area contributed by atoms with Crippen LogP contribution in [0.4, 0.5) is 0 Å². The molecule has 0 saturated carbocycles. The second kappa shape index (κ2) is 11.9. The number of hydrazone groups is 1. The lowest BCUT2D eigenvalue weighted by Gasteiger charge is -2.08. The molecule has 190 valence electrons. The number of hydrogen-bond donors (Lipinski definition) is 1. The van der Waals surface area contributed by atoms with Crippen molar-refractivity contribution in [2.24, 2.45) is 5.10 Å². The van der Waals surface area contributed by atoms with Gasteiger partial charge in [-0.25, -0.2) is 10.1 Å². The fourth-order valence-electron chi connectivity index (χ4n) is 4.02. The second-order valence-electron chi connectivity index (χ2n) is 8.65. The van der Waals surface area contributed by atoms with Gasteiger partial charge in [-0.2, -0.15) is 10.2 Å². The van der Waals surface area contributed by atoms with Crippen molar-refractivity contribution in [3.05, 3.63) is 109 Å². The summed E-state index contributed by atoms with van der Waals surface area (Å²) >= 11 is 0. The molecule has 4 aromatic carbocycles. The Labute approximate surface area is 221 Å². The van der Waals surface area contributed by atoms with Gasteiger partial charge >= 0.3 is 0 Å². The van der Waals surface area contributed by atoms with E-state index >= 15 is 0 Å². The summed E-state index contributed by atoms with van der Waals surface area (Å²) in [6, 6.07) is 31.3. The van der Waals surface area contributed by atoms with Crippen molar-refractivity contribution >= 4 is 22.9 Å². The molecule has 0 saturated heterocycles. The van der Waals surface area contributed by atoms with Crippen LogP contribution in [-0.2, 0) is 4.79 Å². The normalized spacial score (nSPS) is 11.1.